The lowest BCUT2D eigenvalue weighted by Crippen LogP contribution is -2.26. The molecular weight excluding hydrogens is 214 g/mol. The van der Waals surface area contributed by atoms with E-state index in [0.717, 1.165) is 17.7 Å². The van der Waals surface area contributed by atoms with Gasteiger partial charge in [0.15, 0.2) is 0 Å². The standard InChI is InChI=1S/C14H21NO2/c1-9(2)12(8-15)13(16)11-5-3-4-10-6-7-17-14(10)11/h3-5,9,12-13,16H,6-8,15H2,1-2H3. The molecule has 3 N–H and O–H groups in total. The predicted molar refractivity (Wildman–Crippen MR) is 68.0 cm³/mol. The van der Waals surface area contributed by atoms with E-state index in [4.69, 9.17) is 10.5 Å². The van der Waals surface area contributed by atoms with Gasteiger partial charge in [0.05, 0.1) is 12.7 Å². The minimum Gasteiger partial charge on any atom is -0.493 e. The fourth-order valence-corrected chi connectivity index (χ4v) is 2.47. The van der Waals surface area contributed by atoms with Crippen LogP contribution in [0.4, 0.5) is 0 Å². The maximum atomic E-state index is 10.5. The van der Waals surface area contributed by atoms with Crippen molar-refractivity contribution in [2.24, 2.45) is 17.6 Å². The van der Waals surface area contributed by atoms with E-state index in [1.807, 2.05) is 12.1 Å². The summed E-state index contributed by atoms with van der Waals surface area (Å²) in [6, 6.07) is 5.99. The first kappa shape index (κ1) is 12.4. The van der Waals surface area contributed by atoms with Crippen molar-refractivity contribution >= 4 is 0 Å². The zero-order valence-corrected chi connectivity index (χ0v) is 10.5. The molecule has 2 atom stereocenters. The number of nitrogens with two attached hydrogens (primary N) is 1. The number of rotatable bonds is 4. The fourth-order valence-electron chi connectivity index (χ4n) is 2.47. The molecular formula is C14H21NO2. The first-order valence-corrected chi connectivity index (χ1v) is 6.28. The summed E-state index contributed by atoms with van der Waals surface area (Å²) < 4.78 is 5.62. The van der Waals surface area contributed by atoms with E-state index in [-0.39, 0.29) is 5.92 Å². The normalized spacial score (nSPS) is 17.7. The second kappa shape index (κ2) is 5.07. The van der Waals surface area contributed by atoms with Crippen LogP contribution in [0, 0.1) is 11.8 Å². The summed E-state index contributed by atoms with van der Waals surface area (Å²) in [4.78, 5) is 0. The van der Waals surface area contributed by atoms with Gasteiger partial charge in [0, 0.05) is 17.9 Å². The van der Waals surface area contributed by atoms with Gasteiger partial charge in [-0.3, -0.25) is 0 Å². The molecule has 1 aromatic rings. The maximum absolute atomic E-state index is 10.5. The molecule has 0 fully saturated rings. The lowest BCUT2D eigenvalue weighted by Gasteiger charge is -2.26. The molecule has 17 heavy (non-hydrogen) atoms. The van der Waals surface area contributed by atoms with Crippen molar-refractivity contribution in [1.82, 2.24) is 0 Å². The van der Waals surface area contributed by atoms with Crippen LogP contribution in [-0.4, -0.2) is 18.3 Å². The Kier molecular flexibility index (Phi) is 3.69. The van der Waals surface area contributed by atoms with Crippen LogP contribution in [0.2, 0.25) is 0 Å². The van der Waals surface area contributed by atoms with Gasteiger partial charge in [0.1, 0.15) is 5.75 Å². The zero-order chi connectivity index (χ0) is 12.4. The van der Waals surface area contributed by atoms with Crippen LogP contribution < -0.4 is 10.5 Å². The van der Waals surface area contributed by atoms with Gasteiger partial charge in [-0.1, -0.05) is 32.0 Å². The Labute approximate surface area is 103 Å². The average Bonchev–Trinajstić information content (AvgIpc) is 2.76. The molecule has 2 unspecified atom stereocenters. The maximum Gasteiger partial charge on any atom is 0.128 e. The van der Waals surface area contributed by atoms with Crippen molar-refractivity contribution in [1.29, 1.82) is 0 Å². The zero-order valence-electron chi connectivity index (χ0n) is 10.5. The van der Waals surface area contributed by atoms with Gasteiger partial charge in [-0.2, -0.15) is 0 Å². The van der Waals surface area contributed by atoms with Crippen LogP contribution >= 0.6 is 0 Å². The third-order valence-corrected chi connectivity index (χ3v) is 3.60. The molecule has 0 saturated heterocycles. The smallest absolute Gasteiger partial charge is 0.128 e. The molecule has 0 amide bonds. The molecule has 3 heteroatoms. The van der Waals surface area contributed by atoms with Crippen molar-refractivity contribution in [3.05, 3.63) is 29.3 Å². The van der Waals surface area contributed by atoms with E-state index in [1.165, 1.54) is 5.56 Å². The molecule has 1 aliphatic heterocycles. The number of ether oxygens (including phenoxy) is 1. The summed E-state index contributed by atoms with van der Waals surface area (Å²) in [5.74, 6) is 1.30. The second-order valence-electron chi connectivity index (χ2n) is 5.02. The molecule has 0 aromatic heterocycles. The van der Waals surface area contributed by atoms with Gasteiger partial charge in [0.25, 0.3) is 0 Å². The van der Waals surface area contributed by atoms with Gasteiger partial charge in [-0.15, -0.1) is 0 Å². The molecule has 0 aliphatic carbocycles. The predicted octanol–water partition coefficient (Wildman–Crippen LogP) is 1.89. The summed E-state index contributed by atoms with van der Waals surface area (Å²) >= 11 is 0. The Morgan fingerprint density at radius 3 is 2.82 bits per heavy atom. The first-order chi connectivity index (χ1) is 8.15. The largest absolute Gasteiger partial charge is 0.493 e. The number of hydrogen-bond donors (Lipinski definition) is 2. The van der Waals surface area contributed by atoms with Crippen molar-refractivity contribution in [2.45, 2.75) is 26.4 Å². The number of hydrogen-bond acceptors (Lipinski definition) is 3. The van der Waals surface area contributed by atoms with Gasteiger partial charge >= 0.3 is 0 Å². The highest BCUT2D eigenvalue weighted by Crippen LogP contribution is 2.37. The van der Waals surface area contributed by atoms with E-state index in [9.17, 15) is 5.11 Å². The minimum absolute atomic E-state index is 0.0747. The van der Waals surface area contributed by atoms with E-state index in [0.29, 0.717) is 19.1 Å². The summed E-state index contributed by atoms with van der Waals surface area (Å²) in [7, 11) is 0. The highest BCUT2D eigenvalue weighted by atomic mass is 16.5. The monoisotopic (exact) mass is 235 g/mol. The van der Waals surface area contributed by atoms with E-state index in [2.05, 4.69) is 19.9 Å². The number of fused-ring (bicyclic) bond motifs is 1. The molecule has 94 valence electrons. The van der Waals surface area contributed by atoms with E-state index < -0.39 is 6.10 Å². The Hall–Kier alpha value is -1.06. The first-order valence-electron chi connectivity index (χ1n) is 6.28. The van der Waals surface area contributed by atoms with Crippen molar-refractivity contribution in [3.63, 3.8) is 0 Å². The summed E-state index contributed by atoms with van der Waals surface area (Å²) in [5.41, 5.74) is 7.84. The fraction of sp³-hybridized carbons (Fsp3) is 0.571. The highest BCUT2D eigenvalue weighted by molar-refractivity contribution is 5.45. The van der Waals surface area contributed by atoms with Crippen molar-refractivity contribution in [2.75, 3.05) is 13.2 Å². The van der Waals surface area contributed by atoms with Gasteiger partial charge in [0.2, 0.25) is 0 Å². The molecule has 0 bridgehead atoms. The lowest BCUT2D eigenvalue weighted by molar-refractivity contribution is 0.0836. The molecule has 0 radical (unpaired) electrons. The summed E-state index contributed by atoms with van der Waals surface area (Å²) in [5, 5.41) is 10.5. The van der Waals surface area contributed by atoms with Crippen LogP contribution in [-0.2, 0) is 6.42 Å². The molecule has 0 spiro atoms. The third kappa shape index (κ3) is 2.31. The minimum atomic E-state index is -0.534. The van der Waals surface area contributed by atoms with Crippen molar-refractivity contribution in [3.8, 4) is 5.75 Å². The number of aliphatic hydroxyl groups excluding tert-OH is 1. The van der Waals surface area contributed by atoms with Crippen LogP contribution in [0.3, 0.4) is 0 Å². The molecule has 0 saturated carbocycles. The Bertz CT molecular complexity index is 390. The van der Waals surface area contributed by atoms with Crippen molar-refractivity contribution < 1.29 is 9.84 Å². The van der Waals surface area contributed by atoms with Crippen LogP contribution in [0.15, 0.2) is 18.2 Å². The number of benzene rings is 1. The quantitative estimate of drug-likeness (QED) is 0.838. The highest BCUT2D eigenvalue weighted by Gasteiger charge is 2.27. The van der Waals surface area contributed by atoms with E-state index in [1.54, 1.807) is 0 Å². The average molecular weight is 235 g/mol. The second-order valence-corrected chi connectivity index (χ2v) is 5.02. The van der Waals surface area contributed by atoms with Gasteiger partial charge in [-0.25, -0.2) is 0 Å². The number of aliphatic hydroxyl groups is 1. The Balaban J connectivity index is 2.31. The molecule has 3 nitrogen and oxygen atoms in total. The van der Waals surface area contributed by atoms with Crippen LogP contribution in [0.5, 0.6) is 5.75 Å². The Morgan fingerprint density at radius 2 is 2.18 bits per heavy atom. The van der Waals surface area contributed by atoms with Crippen LogP contribution in [0.1, 0.15) is 31.1 Å². The van der Waals surface area contributed by atoms with Gasteiger partial charge in [-0.05, 0) is 18.0 Å². The molecule has 1 aromatic carbocycles. The molecule has 2 rings (SSSR count). The SMILES string of the molecule is CC(C)C(CN)C(O)c1cccc2c1OCC2. The summed E-state index contributed by atoms with van der Waals surface area (Å²) in [6.07, 6.45) is 0.401. The van der Waals surface area contributed by atoms with E-state index >= 15 is 0 Å². The third-order valence-electron chi connectivity index (χ3n) is 3.60. The Morgan fingerprint density at radius 1 is 1.41 bits per heavy atom. The molecule has 1 heterocycles. The van der Waals surface area contributed by atoms with Gasteiger partial charge < -0.3 is 15.6 Å². The number of para-hydroxylation sites is 1. The lowest BCUT2D eigenvalue weighted by atomic mass is 9.86. The summed E-state index contributed by atoms with van der Waals surface area (Å²) in [6.45, 7) is 5.38. The topological polar surface area (TPSA) is 55.5 Å². The van der Waals surface area contributed by atoms with Crippen LogP contribution in [0.25, 0.3) is 0 Å². The molecule has 1 aliphatic rings.